The third kappa shape index (κ3) is 7.76. The number of halogens is 1. The number of carbonyl (C=O) groups excluding carboxylic acids is 2. The fourth-order valence-electron chi connectivity index (χ4n) is 3.81. The molecule has 0 saturated heterocycles. The Hall–Kier alpha value is -3.11. The Morgan fingerprint density at radius 1 is 0.848 bits per heavy atom. The van der Waals surface area contributed by atoms with E-state index in [0.29, 0.717) is 30.8 Å². The van der Waals surface area contributed by atoms with Crippen LogP contribution in [0.2, 0.25) is 5.02 Å². The molecule has 2 amide bonds. The number of rotatable bonds is 10. The van der Waals surface area contributed by atoms with E-state index in [9.17, 15) is 9.59 Å². The summed E-state index contributed by atoms with van der Waals surface area (Å²) < 4.78 is 0. The van der Waals surface area contributed by atoms with Crippen molar-refractivity contribution in [3.05, 3.63) is 107 Å². The van der Waals surface area contributed by atoms with Crippen molar-refractivity contribution in [2.75, 3.05) is 0 Å². The lowest BCUT2D eigenvalue weighted by Gasteiger charge is -2.32. The molecule has 0 aliphatic heterocycles. The molecule has 3 aromatic carbocycles. The minimum Gasteiger partial charge on any atom is -0.352 e. The number of nitrogens with one attached hydrogen (secondary N) is 1. The van der Waals surface area contributed by atoms with Crippen LogP contribution in [-0.4, -0.2) is 28.8 Å². The molecule has 172 valence electrons. The van der Waals surface area contributed by atoms with Crippen LogP contribution in [0.15, 0.2) is 84.9 Å². The number of amides is 2. The van der Waals surface area contributed by atoms with Crippen molar-refractivity contribution in [2.45, 2.75) is 51.7 Å². The summed E-state index contributed by atoms with van der Waals surface area (Å²) in [6, 6.07) is 26.6. The first-order valence-corrected chi connectivity index (χ1v) is 11.7. The van der Waals surface area contributed by atoms with Gasteiger partial charge in [0.2, 0.25) is 11.8 Å². The van der Waals surface area contributed by atoms with E-state index in [1.165, 1.54) is 0 Å². The highest BCUT2D eigenvalue weighted by Crippen LogP contribution is 2.19. The highest BCUT2D eigenvalue weighted by molar-refractivity contribution is 6.30. The SMILES string of the molecule is CC(C)NC(=O)C(Cc1ccccc1)N(Cc1cccc(Cl)c1)C(=O)CCc1ccccc1. The van der Waals surface area contributed by atoms with E-state index in [-0.39, 0.29) is 17.9 Å². The zero-order chi connectivity index (χ0) is 23.6. The molecular formula is C28H31ClN2O2. The highest BCUT2D eigenvalue weighted by Gasteiger charge is 2.30. The number of carbonyl (C=O) groups is 2. The van der Waals surface area contributed by atoms with Crippen molar-refractivity contribution in [1.29, 1.82) is 0 Å². The van der Waals surface area contributed by atoms with Crippen LogP contribution < -0.4 is 5.32 Å². The molecule has 0 aliphatic carbocycles. The molecule has 0 heterocycles. The predicted octanol–water partition coefficient (Wildman–Crippen LogP) is 5.44. The van der Waals surface area contributed by atoms with Gasteiger partial charge in [0.15, 0.2) is 0 Å². The third-order valence-corrected chi connectivity index (χ3v) is 5.65. The van der Waals surface area contributed by atoms with Crippen molar-refractivity contribution in [3.63, 3.8) is 0 Å². The quantitative estimate of drug-likeness (QED) is 0.436. The van der Waals surface area contributed by atoms with E-state index in [0.717, 1.165) is 16.7 Å². The van der Waals surface area contributed by atoms with Crippen LogP contribution in [-0.2, 0) is 29.0 Å². The van der Waals surface area contributed by atoms with Crippen molar-refractivity contribution in [2.24, 2.45) is 0 Å². The van der Waals surface area contributed by atoms with Crippen LogP contribution in [0.5, 0.6) is 0 Å². The molecule has 0 spiro atoms. The maximum Gasteiger partial charge on any atom is 0.243 e. The monoisotopic (exact) mass is 462 g/mol. The highest BCUT2D eigenvalue weighted by atomic mass is 35.5. The summed E-state index contributed by atoms with van der Waals surface area (Å²) in [5.74, 6) is -0.206. The molecule has 0 radical (unpaired) electrons. The van der Waals surface area contributed by atoms with Gasteiger partial charge in [0.25, 0.3) is 0 Å². The largest absolute Gasteiger partial charge is 0.352 e. The Bertz CT molecular complexity index is 1040. The van der Waals surface area contributed by atoms with E-state index in [1.807, 2.05) is 92.7 Å². The Kier molecular flexibility index (Phi) is 9.08. The van der Waals surface area contributed by atoms with Gasteiger partial charge in [-0.3, -0.25) is 9.59 Å². The zero-order valence-corrected chi connectivity index (χ0v) is 20.0. The first kappa shape index (κ1) is 24.5. The molecule has 0 aliphatic rings. The number of nitrogens with zero attached hydrogens (tertiary/aromatic N) is 1. The summed E-state index contributed by atoms with van der Waals surface area (Å²) in [7, 11) is 0. The van der Waals surface area contributed by atoms with Crippen LogP contribution in [0.25, 0.3) is 0 Å². The molecule has 1 atom stereocenters. The average Bonchev–Trinajstić information content (AvgIpc) is 2.80. The summed E-state index contributed by atoms with van der Waals surface area (Å²) in [6.45, 7) is 4.17. The lowest BCUT2D eigenvalue weighted by Crippen LogP contribution is -2.51. The number of hydrogen-bond donors (Lipinski definition) is 1. The number of aryl methyl sites for hydroxylation is 1. The van der Waals surface area contributed by atoms with E-state index >= 15 is 0 Å². The number of benzene rings is 3. The first-order valence-electron chi connectivity index (χ1n) is 11.3. The average molecular weight is 463 g/mol. The van der Waals surface area contributed by atoms with Gasteiger partial charge in [-0.15, -0.1) is 0 Å². The summed E-state index contributed by atoms with van der Waals surface area (Å²) in [5, 5.41) is 3.62. The van der Waals surface area contributed by atoms with Gasteiger partial charge in [-0.05, 0) is 49.1 Å². The first-order chi connectivity index (χ1) is 15.9. The van der Waals surface area contributed by atoms with Gasteiger partial charge in [0.1, 0.15) is 6.04 Å². The fraction of sp³-hybridized carbons (Fsp3) is 0.286. The smallest absolute Gasteiger partial charge is 0.243 e. The van der Waals surface area contributed by atoms with Crippen LogP contribution in [0.4, 0.5) is 0 Å². The molecule has 0 saturated carbocycles. The Balaban J connectivity index is 1.90. The van der Waals surface area contributed by atoms with Gasteiger partial charge >= 0.3 is 0 Å². The number of hydrogen-bond acceptors (Lipinski definition) is 2. The van der Waals surface area contributed by atoms with Crippen LogP contribution >= 0.6 is 11.6 Å². The third-order valence-electron chi connectivity index (χ3n) is 5.41. The lowest BCUT2D eigenvalue weighted by molar-refractivity contribution is -0.141. The van der Waals surface area contributed by atoms with Crippen LogP contribution in [0.1, 0.15) is 37.0 Å². The van der Waals surface area contributed by atoms with Crippen molar-refractivity contribution >= 4 is 23.4 Å². The molecule has 3 rings (SSSR count). The van der Waals surface area contributed by atoms with Crippen LogP contribution in [0, 0.1) is 0 Å². The van der Waals surface area contributed by atoms with Gasteiger partial charge < -0.3 is 10.2 Å². The zero-order valence-electron chi connectivity index (χ0n) is 19.2. The molecule has 0 fully saturated rings. The van der Waals surface area contributed by atoms with E-state index in [2.05, 4.69) is 5.32 Å². The molecule has 1 N–H and O–H groups in total. The van der Waals surface area contributed by atoms with Gasteiger partial charge in [-0.2, -0.15) is 0 Å². The maximum absolute atomic E-state index is 13.5. The molecule has 3 aromatic rings. The summed E-state index contributed by atoms with van der Waals surface area (Å²) in [6.07, 6.45) is 1.39. The minimum absolute atomic E-state index is 0.0248. The lowest BCUT2D eigenvalue weighted by atomic mass is 10.0. The second-order valence-corrected chi connectivity index (χ2v) is 8.94. The molecule has 5 heteroatoms. The maximum atomic E-state index is 13.5. The molecular weight excluding hydrogens is 432 g/mol. The van der Waals surface area contributed by atoms with Gasteiger partial charge in [0, 0.05) is 30.5 Å². The molecule has 1 unspecified atom stereocenters. The second kappa shape index (κ2) is 12.2. The van der Waals surface area contributed by atoms with E-state index < -0.39 is 6.04 Å². The molecule has 33 heavy (non-hydrogen) atoms. The summed E-state index contributed by atoms with van der Waals surface area (Å²) in [4.78, 5) is 28.6. The van der Waals surface area contributed by atoms with Gasteiger partial charge in [0.05, 0.1) is 0 Å². The van der Waals surface area contributed by atoms with Crippen molar-refractivity contribution in [3.8, 4) is 0 Å². The molecule has 0 bridgehead atoms. The second-order valence-electron chi connectivity index (χ2n) is 8.51. The molecule has 4 nitrogen and oxygen atoms in total. The predicted molar refractivity (Wildman–Crippen MR) is 134 cm³/mol. The van der Waals surface area contributed by atoms with Crippen molar-refractivity contribution < 1.29 is 9.59 Å². The van der Waals surface area contributed by atoms with E-state index in [1.54, 1.807) is 11.0 Å². The Labute approximate surface area is 201 Å². The van der Waals surface area contributed by atoms with Crippen LogP contribution in [0.3, 0.4) is 0 Å². The van der Waals surface area contributed by atoms with E-state index in [4.69, 9.17) is 11.6 Å². The summed E-state index contributed by atoms with van der Waals surface area (Å²) in [5.41, 5.74) is 3.00. The standard InChI is InChI=1S/C28H31ClN2O2/c1-21(2)30-28(33)26(19-23-12-7-4-8-13-23)31(20-24-14-9-15-25(29)18-24)27(32)17-16-22-10-5-3-6-11-22/h3-15,18,21,26H,16-17,19-20H2,1-2H3,(H,30,33). The fourth-order valence-corrected chi connectivity index (χ4v) is 4.02. The Morgan fingerprint density at radius 3 is 2.06 bits per heavy atom. The van der Waals surface area contributed by atoms with Gasteiger partial charge in [-0.25, -0.2) is 0 Å². The summed E-state index contributed by atoms with van der Waals surface area (Å²) >= 11 is 6.21. The minimum atomic E-state index is -0.628. The normalized spacial score (nSPS) is 11.8. The topological polar surface area (TPSA) is 49.4 Å². The molecule has 0 aromatic heterocycles. The Morgan fingerprint density at radius 2 is 1.45 bits per heavy atom. The van der Waals surface area contributed by atoms with Gasteiger partial charge in [-0.1, -0.05) is 84.4 Å². The van der Waals surface area contributed by atoms with Crippen molar-refractivity contribution in [1.82, 2.24) is 10.2 Å².